The van der Waals surface area contributed by atoms with E-state index in [-0.39, 0.29) is 32.0 Å². The molecule has 0 fully saturated rings. The fourth-order valence-electron chi connectivity index (χ4n) is 2.13. The first-order valence-electron chi connectivity index (χ1n) is 9.01. The number of nitrogens with one attached hydrogen (secondary N) is 1. The van der Waals surface area contributed by atoms with E-state index >= 15 is 0 Å². The van der Waals surface area contributed by atoms with Gasteiger partial charge in [0, 0.05) is 12.7 Å². The predicted molar refractivity (Wildman–Crippen MR) is 103 cm³/mol. The molecule has 4 N–H and O–H groups in total. The van der Waals surface area contributed by atoms with Crippen LogP contribution < -0.4 is 16.7 Å². The topological polar surface area (TPSA) is 166 Å². The average Bonchev–Trinajstić information content (AvgIpc) is 2.66. The molecular weight excluding hydrogens is 385 g/mol. The summed E-state index contributed by atoms with van der Waals surface area (Å²) in [5.74, 6) is -1.79. The Balaban J connectivity index is 2.69. The number of amides is 2. The van der Waals surface area contributed by atoms with Gasteiger partial charge >= 0.3 is 17.8 Å². The lowest BCUT2D eigenvalue weighted by Gasteiger charge is -2.20. The van der Waals surface area contributed by atoms with Crippen molar-refractivity contribution >= 4 is 31.3 Å². The number of carboxylic acids is 1. The van der Waals surface area contributed by atoms with E-state index in [9.17, 15) is 19.2 Å². The number of rotatable bonds is 13. The van der Waals surface area contributed by atoms with Crippen molar-refractivity contribution in [3.63, 3.8) is 0 Å². The highest BCUT2D eigenvalue weighted by molar-refractivity contribution is 6.27. The Kier molecular flexibility index (Phi) is 11.0. The molecule has 13 heteroatoms. The number of ether oxygens (including phenoxy) is 1. The molecule has 159 valence electrons. The molecule has 0 spiro atoms. The van der Waals surface area contributed by atoms with Crippen LogP contribution in [0, 0.1) is 0 Å². The summed E-state index contributed by atoms with van der Waals surface area (Å²) in [6.45, 7) is 1.32. The molecule has 0 atom stereocenters. The van der Waals surface area contributed by atoms with Gasteiger partial charge in [-0.05, 0) is 18.8 Å². The first kappa shape index (κ1) is 24.1. The molecule has 29 heavy (non-hydrogen) atoms. The van der Waals surface area contributed by atoms with Gasteiger partial charge in [-0.2, -0.15) is 4.98 Å². The van der Waals surface area contributed by atoms with Gasteiger partial charge in [0.15, 0.2) is 0 Å². The number of unbranched alkanes of at least 4 members (excludes halogenated alkanes) is 1. The van der Waals surface area contributed by atoms with E-state index in [1.807, 2.05) is 6.92 Å². The summed E-state index contributed by atoms with van der Waals surface area (Å²) < 4.78 is 10.8. The molecule has 2 amide bonds. The summed E-state index contributed by atoms with van der Waals surface area (Å²) in [6, 6.07) is 1.33. The van der Waals surface area contributed by atoms with Gasteiger partial charge in [0.1, 0.15) is 18.9 Å². The van der Waals surface area contributed by atoms with E-state index < -0.39 is 36.7 Å². The number of anilines is 1. The summed E-state index contributed by atoms with van der Waals surface area (Å²) >= 11 is 0. The summed E-state index contributed by atoms with van der Waals surface area (Å²) in [5, 5.41) is 11.3. The minimum absolute atomic E-state index is 0.0175. The van der Waals surface area contributed by atoms with Crippen LogP contribution >= 0.6 is 0 Å². The highest BCUT2D eigenvalue weighted by Crippen LogP contribution is 2.01. The van der Waals surface area contributed by atoms with E-state index in [2.05, 4.69) is 10.3 Å². The maximum atomic E-state index is 12.4. The number of aromatic nitrogens is 2. The van der Waals surface area contributed by atoms with E-state index in [4.69, 9.17) is 20.2 Å². The molecule has 0 aliphatic heterocycles. The van der Waals surface area contributed by atoms with Gasteiger partial charge in [-0.25, -0.2) is 9.59 Å². The van der Waals surface area contributed by atoms with Crippen molar-refractivity contribution in [1.29, 1.82) is 0 Å². The van der Waals surface area contributed by atoms with Crippen molar-refractivity contribution in [2.45, 2.75) is 32.6 Å². The fraction of sp³-hybridized carbons (Fsp3) is 0.562. The van der Waals surface area contributed by atoms with Crippen molar-refractivity contribution < 1.29 is 28.9 Å². The van der Waals surface area contributed by atoms with Gasteiger partial charge in [0.25, 0.3) is 7.48 Å². The number of nitrogens with zero attached hydrogens (tertiary/aromatic N) is 3. The van der Waals surface area contributed by atoms with Gasteiger partial charge in [-0.15, -0.1) is 0 Å². The standard InChI is InChI=1S/C16H25BN5O7/c1-2-3-8-28-16(27)20-12-4-6-22(15(26)19-12)9-13(23)21(10-14(24)25)7-5-17-29-11-18/h4,6H,2-3,5,7-11,18H2,1H3,(H,24,25)(H,19,20,26,27). The van der Waals surface area contributed by atoms with Crippen LogP contribution in [0.25, 0.3) is 0 Å². The monoisotopic (exact) mass is 410 g/mol. The number of carboxylic acid groups (broad SMARTS) is 1. The normalized spacial score (nSPS) is 10.3. The van der Waals surface area contributed by atoms with Crippen LogP contribution in [0.15, 0.2) is 17.1 Å². The van der Waals surface area contributed by atoms with Gasteiger partial charge in [0.05, 0.1) is 13.3 Å². The Bertz CT molecular complexity index is 743. The number of hydrogen-bond acceptors (Lipinski definition) is 8. The van der Waals surface area contributed by atoms with Crippen LogP contribution in [0.5, 0.6) is 0 Å². The van der Waals surface area contributed by atoms with Gasteiger partial charge < -0.3 is 25.1 Å². The van der Waals surface area contributed by atoms with Gasteiger partial charge in [0.2, 0.25) is 5.91 Å². The maximum Gasteiger partial charge on any atom is 0.412 e. The van der Waals surface area contributed by atoms with Gasteiger partial charge in [-0.1, -0.05) is 13.3 Å². The summed E-state index contributed by atoms with van der Waals surface area (Å²) in [5.41, 5.74) is 4.39. The third kappa shape index (κ3) is 9.71. The molecule has 1 radical (unpaired) electrons. The van der Waals surface area contributed by atoms with E-state index in [0.717, 1.165) is 15.9 Å². The first-order valence-corrected chi connectivity index (χ1v) is 9.01. The van der Waals surface area contributed by atoms with Crippen molar-refractivity contribution in [2.75, 3.05) is 31.7 Å². The van der Waals surface area contributed by atoms with Gasteiger partial charge in [-0.3, -0.25) is 19.5 Å². The van der Waals surface area contributed by atoms with E-state index in [0.29, 0.717) is 6.42 Å². The van der Waals surface area contributed by atoms with Crippen LogP contribution in [-0.4, -0.2) is 71.4 Å². The molecule has 12 nitrogen and oxygen atoms in total. The molecule has 0 aliphatic rings. The Labute approximate surface area is 168 Å². The molecular formula is C16H25BN5O7. The van der Waals surface area contributed by atoms with Crippen LogP contribution in [-0.2, 0) is 25.5 Å². The zero-order chi connectivity index (χ0) is 21.6. The SMILES string of the molecule is CCCCOC(=O)Nc1ccn(CC(=O)N(CC[B]OCN)CC(=O)O)c(=O)n1. The smallest absolute Gasteiger partial charge is 0.412 e. The highest BCUT2D eigenvalue weighted by atomic mass is 16.5. The fourth-order valence-corrected chi connectivity index (χ4v) is 2.13. The van der Waals surface area contributed by atoms with Crippen LogP contribution in [0.3, 0.4) is 0 Å². The number of aliphatic carboxylic acids is 1. The van der Waals surface area contributed by atoms with Crippen LogP contribution in [0.1, 0.15) is 19.8 Å². The van der Waals surface area contributed by atoms with E-state index in [1.54, 1.807) is 0 Å². The number of hydrogen-bond donors (Lipinski definition) is 3. The predicted octanol–water partition coefficient (Wildman–Crippen LogP) is -0.525. The first-order chi connectivity index (χ1) is 13.9. The molecule has 1 aromatic heterocycles. The molecule has 0 aliphatic carbocycles. The third-order valence-electron chi connectivity index (χ3n) is 3.55. The van der Waals surface area contributed by atoms with Crippen molar-refractivity contribution in [3.8, 4) is 0 Å². The second-order valence-corrected chi connectivity index (χ2v) is 5.84. The maximum absolute atomic E-state index is 12.4. The summed E-state index contributed by atoms with van der Waals surface area (Å²) in [7, 11) is 1.37. The summed E-state index contributed by atoms with van der Waals surface area (Å²) in [6.07, 6.45) is 2.40. The second-order valence-electron chi connectivity index (χ2n) is 5.84. The second kappa shape index (κ2) is 13.3. The van der Waals surface area contributed by atoms with E-state index in [1.165, 1.54) is 19.7 Å². The Morgan fingerprint density at radius 1 is 1.41 bits per heavy atom. The lowest BCUT2D eigenvalue weighted by atomic mass is 9.95. The molecule has 0 bridgehead atoms. The molecule has 1 aromatic rings. The number of carbonyl (C=O) groups excluding carboxylic acids is 2. The van der Waals surface area contributed by atoms with Crippen molar-refractivity contribution in [1.82, 2.24) is 14.5 Å². The molecule has 0 aromatic carbocycles. The highest BCUT2D eigenvalue weighted by Gasteiger charge is 2.18. The zero-order valence-electron chi connectivity index (χ0n) is 16.2. The Morgan fingerprint density at radius 2 is 2.17 bits per heavy atom. The summed E-state index contributed by atoms with van der Waals surface area (Å²) in [4.78, 5) is 51.8. The lowest BCUT2D eigenvalue weighted by molar-refractivity contribution is -0.144. The average molecular weight is 410 g/mol. The van der Waals surface area contributed by atoms with Crippen molar-refractivity contribution in [3.05, 3.63) is 22.7 Å². The largest absolute Gasteiger partial charge is 0.480 e. The molecule has 0 saturated heterocycles. The number of nitrogens with two attached hydrogens (primary N) is 1. The van der Waals surface area contributed by atoms with Crippen molar-refractivity contribution in [2.24, 2.45) is 5.73 Å². The minimum Gasteiger partial charge on any atom is -0.480 e. The molecule has 1 heterocycles. The molecule has 0 unspecified atom stereocenters. The minimum atomic E-state index is -1.19. The van der Waals surface area contributed by atoms with Crippen LogP contribution in [0.4, 0.5) is 10.6 Å². The Hall–Kier alpha value is -2.93. The lowest BCUT2D eigenvalue weighted by Crippen LogP contribution is -2.40. The number of carbonyl (C=O) groups is 3. The van der Waals surface area contributed by atoms with Crippen LogP contribution in [0.2, 0.25) is 6.32 Å². The zero-order valence-corrected chi connectivity index (χ0v) is 16.2. The quantitative estimate of drug-likeness (QED) is 0.220. The molecule has 1 rings (SSSR count). The Morgan fingerprint density at radius 3 is 2.79 bits per heavy atom. The third-order valence-corrected chi connectivity index (χ3v) is 3.55. The molecule has 0 saturated carbocycles.